The van der Waals surface area contributed by atoms with Gasteiger partial charge in [-0.1, -0.05) is 6.07 Å². The molecule has 0 bridgehead atoms. The van der Waals surface area contributed by atoms with E-state index >= 15 is 0 Å². The molecule has 3 heteroatoms. The zero-order valence-corrected chi connectivity index (χ0v) is 6.74. The lowest BCUT2D eigenvalue weighted by molar-refractivity contribution is -0.117. The minimum atomic E-state index is 0.0338. The number of fused-ring (bicyclic) bond motifs is 1. The lowest BCUT2D eigenvalue weighted by atomic mass is 10.1. The van der Waals surface area contributed by atoms with Crippen molar-refractivity contribution in [2.45, 2.75) is 6.42 Å². The van der Waals surface area contributed by atoms with Gasteiger partial charge in [0.1, 0.15) is 5.75 Å². The number of hydrogen-bond donors (Lipinski definition) is 1. The van der Waals surface area contributed by atoms with Crippen LogP contribution in [0, 0.1) is 0 Å². The average molecular weight is 163 g/mol. The summed E-state index contributed by atoms with van der Waals surface area (Å²) in [6.45, 7) is 0. The molecular formula is C9H9NO2. The highest BCUT2D eigenvalue weighted by atomic mass is 16.3. The van der Waals surface area contributed by atoms with Gasteiger partial charge in [-0.25, -0.2) is 0 Å². The Hall–Kier alpha value is -1.51. The van der Waals surface area contributed by atoms with E-state index in [2.05, 4.69) is 0 Å². The fourth-order valence-corrected chi connectivity index (χ4v) is 1.46. The van der Waals surface area contributed by atoms with Crippen LogP contribution in [-0.2, 0) is 11.2 Å². The first kappa shape index (κ1) is 7.16. The molecule has 0 spiro atoms. The maximum atomic E-state index is 11.2. The Morgan fingerprint density at radius 2 is 2.25 bits per heavy atom. The Labute approximate surface area is 70.2 Å². The first-order chi connectivity index (χ1) is 5.70. The standard InChI is InChI=1S/C9H9NO2/c1-10-7-3-2-4-8(11)6(7)5-9(10)12/h2-4,11H,5H2,1H3. The van der Waals surface area contributed by atoms with E-state index in [1.807, 2.05) is 6.07 Å². The topological polar surface area (TPSA) is 40.5 Å². The molecule has 0 aromatic heterocycles. The van der Waals surface area contributed by atoms with Crippen molar-refractivity contribution in [3.63, 3.8) is 0 Å². The number of phenolic OH excluding ortho intramolecular Hbond substituents is 1. The maximum Gasteiger partial charge on any atom is 0.231 e. The van der Waals surface area contributed by atoms with Crippen molar-refractivity contribution >= 4 is 11.6 Å². The highest BCUT2D eigenvalue weighted by Crippen LogP contribution is 2.33. The van der Waals surface area contributed by atoms with Crippen LogP contribution in [0.25, 0.3) is 0 Å². The lowest BCUT2D eigenvalue weighted by Gasteiger charge is -2.09. The number of hydrogen-bond acceptors (Lipinski definition) is 2. The molecule has 1 aromatic rings. The van der Waals surface area contributed by atoms with Crippen LogP contribution in [0.1, 0.15) is 5.56 Å². The molecule has 0 aliphatic carbocycles. The van der Waals surface area contributed by atoms with Crippen molar-refractivity contribution < 1.29 is 9.90 Å². The Kier molecular flexibility index (Phi) is 1.33. The van der Waals surface area contributed by atoms with E-state index in [-0.39, 0.29) is 11.7 Å². The van der Waals surface area contributed by atoms with E-state index in [0.29, 0.717) is 6.42 Å². The fourth-order valence-electron chi connectivity index (χ4n) is 1.46. The molecule has 1 heterocycles. The fraction of sp³-hybridized carbons (Fsp3) is 0.222. The van der Waals surface area contributed by atoms with Gasteiger partial charge in [-0.3, -0.25) is 4.79 Å². The Morgan fingerprint density at radius 1 is 1.50 bits per heavy atom. The SMILES string of the molecule is CN1C(=O)Cc2c(O)cccc21. The molecule has 1 aromatic carbocycles. The number of rotatable bonds is 0. The third kappa shape index (κ3) is 0.794. The van der Waals surface area contributed by atoms with E-state index < -0.39 is 0 Å². The van der Waals surface area contributed by atoms with Gasteiger partial charge in [0, 0.05) is 12.6 Å². The monoisotopic (exact) mass is 163 g/mol. The Bertz CT molecular complexity index is 346. The molecule has 2 rings (SSSR count). The second-order valence-electron chi connectivity index (χ2n) is 2.90. The van der Waals surface area contributed by atoms with Crippen LogP contribution in [0.15, 0.2) is 18.2 Å². The van der Waals surface area contributed by atoms with Crippen LogP contribution in [0.4, 0.5) is 5.69 Å². The van der Waals surface area contributed by atoms with Gasteiger partial charge < -0.3 is 10.0 Å². The van der Waals surface area contributed by atoms with Crippen molar-refractivity contribution in [3.05, 3.63) is 23.8 Å². The summed E-state index contributed by atoms with van der Waals surface area (Å²) >= 11 is 0. The minimum absolute atomic E-state index is 0.0338. The molecule has 0 unspecified atom stereocenters. The minimum Gasteiger partial charge on any atom is -0.508 e. The van der Waals surface area contributed by atoms with E-state index in [1.54, 1.807) is 24.1 Å². The number of nitrogens with zero attached hydrogens (tertiary/aromatic N) is 1. The predicted molar refractivity (Wildman–Crippen MR) is 45.2 cm³/mol. The molecule has 1 aliphatic rings. The molecule has 1 N–H and O–H groups in total. The number of carbonyl (C=O) groups is 1. The van der Waals surface area contributed by atoms with Gasteiger partial charge in [-0.15, -0.1) is 0 Å². The second kappa shape index (κ2) is 2.24. The molecule has 3 nitrogen and oxygen atoms in total. The smallest absolute Gasteiger partial charge is 0.231 e. The number of carbonyl (C=O) groups excluding carboxylic acids is 1. The molecule has 1 amide bonds. The second-order valence-corrected chi connectivity index (χ2v) is 2.90. The van der Waals surface area contributed by atoms with Gasteiger partial charge in [-0.2, -0.15) is 0 Å². The average Bonchev–Trinajstić information content (AvgIpc) is 2.32. The van der Waals surface area contributed by atoms with Gasteiger partial charge in [0.15, 0.2) is 0 Å². The van der Waals surface area contributed by atoms with Crippen LogP contribution in [-0.4, -0.2) is 18.1 Å². The molecule has 0 atom stereocenters. The van der Waals surface area contributed by atoms with Gasteiger partial charge in [0.05, 0.1) is 12.1 Å². The van der Waals surface area contributed by atoms with Crippen LogP contribution < -0.4 is 4.90 Å². The van der Waals surface area contributed by atoms with E-state index in [9.17, 15) is 9.90 Å². The summed E-state index contributed by atoms with van der Waals surface area (Å²) in [5.41, 5.74) is 1.56. The number of benzene rings is 1. The van der Waals surface area contributed by atoms with Crippen molar-refractivity contribution in [2.24, 2.45) is 0 Å². The first-order valence-corrected chi connectivity index (χ1v) is 3.77. The van der Waals surface area contributed by atoms with Crippen molar-refractivity contribution in [1.82, 2.24) is 0 Å². The Morgan fingerprint density at radius 3 is 2.92 bits per heavy atom. The molecule has 62 valence electrons. The maximum absolute atomic E-state index is 11.2. The summed E-state index contributed by atoms with van der Waals surface area (Å²) in [5, 5.41) is 9.39. The number of anilines is 1. The van der Waals surface area contributed by atoms with Crippen LogP contribution in [0.2, 0.25) is 0 Å². The summed E-state index contributed by atoms with van der Waals surface area (Å²) < 4.78 is 0. The number of likely N-dealkylation sites (N-methyl/N-ethyl adjacent to an activating group) is 1. The number of phenols is 1. The van der Waals surface area contributed by atoms with Crippen LogP contribution >= 0.6 is 0 Å². The normalized spacial score (nSPS) is 15.1. The number of aromatic hydroxyl groups is 1. The highest BCUT2D eigenvalue weighted by molar-refractivity contribution is 6.01. The van der Waals surface area contributed by atoms with E-state index in [1.165, 1.54) is 0 Å². The molecule has 0 saturated heterocycles. The third-order valence-corrected chi connectivity index (χ3v) is 2.19. The van der Waals surface area contributed by atoms with Crippen molar-refractivity contribution in [2.75, 3.05) is 11.9 Å². The molecule has 0 fully saturated rings. The van der Waals surface area contributed by atoms with Gasteiger partial charge >= 0.3 is 0 Å². The summed E-state index contributed by atoms with van der Waals surface area (Å²) in [7, 11) is 1.72. The van der Waals surface area contributed by atoms with Crippen LogP contribution in [0.3, 0.4) is 0 Å². The van der Waals surface area contributed by atoms with Gasteiger partial charge in [-0.05, 0) is 12.1 Å². The summed E-state index contributed by atoms with van der Waals surface area (Å²) in [6, 6.07) is 5.18. The molecule has 0 radical (unpaired) electrons. The van der Waals surface area contributed by atoms with E-state index in [0.717, 1.165) is 11.3 Å². The highest BCUT2D eigenvalue weighted by Gasteiger charge is 2.25. The third-order valence-electron chi connectivity index (χ3n) is 2.19. The predicted octanol–water partition coefficient (Wildman–Crippen LogP) is 0.911. The summed E-state index contributed by atoms with van der Waals surface area (Å²) in [6.07, 6.45) is 0.318. The molecule has 12 heavy (non-hydrogen) atoms. The molecule has 1 aliphatic heterocycles. The summed E-state index contributed by atoms with van der Waals surface area (Å²) in [5.74, 6) is 0.247. The quantitative estimate of drug-likeness (QED) is 0.617. The largest absolute Gasteiger partial charge is 0.508 e. The zero-order chi connectivity index (χ0) is 8.72. The first-order valence-electron chi connectivity index (χ1n) is 3.77. The van der Waals surface area contributed by atoms with Gasteiger partial charge in [0.2, 0.25) is 5.91 Å². The Balaban J connectivity index is 2.60. The molecular weight excluding hydrogens is 154 g/mol. The zero-order valence-electron chi connectivity index (χ0n) is 6.74. The number of amides is 1. The van der Waals surface area contributed by atoms with Crippen LogP contribution in [0.5, 0.6) is 5.75 Å². The lowest BCUT2D eigenvalue weighted by Crippen LogP contribution is -2.20. The van der Waals surface area contributed by atoms with E-state index in [4.69, 9.17) is 0 Å². The summed E-state index contributed by atoms with van der Waals surface area (Å²) in [4.78, 5) is 12.8. The van der Waals surface area contributed by atoms with Gasteiger partial charge in [0.25, 0.3) is 0 Å². The van der Waals surface area contributed by atoms with Crippen molar-refractivity contribution in [1.29, 1.82) is 0 Å². The molecule has 0 saturated carbocycles. The van der Waals surface area contributed by atoms with Crippen molar-refractivity contribution in [3.8, 4) is 5.75 Å².